The van der Waals surface area contributed by atoms with Crippen LogP contribution in [-0.2, 0) is 24.1 Å². The zero-order valence-electron chi connectivity index (χ0n) is 8.12. The number of hydrogen-bond acceptors (Lipinski definition) is 2. The number of aliphatic imine (C=N–C) groups is 1. The predicted molar refractivity (Wildman–Crippen MR) is 55.2 cm³/mol. The Morgan fingerprint density at radius 2 is 2.14 bits per heavy atom. The van der Waals surface area contributed by atoms with Crippen molar-refractivity contribution in [2.75, 3.05) is 6.54 Å². The lowest BCUT2D eigenvalue weighted by molar-refractivity contribution is 0.563. The monoisotopic (exact) mass is 187 g/mol. The van der Waals surface area contributed by atoms with Crippen LogP contribution < -0.4 is 0 Å². The molecule has 0 aromatic heterocycles. The summed E-state index contributed by atoms with van der Waals surface area (Å²) in [5, 5.41) is 0. The Bertz CT molecular complexity index is 378. The van der Waals surface area contributed by atoms with Crippen LogP contribution in [0.5, 0.6) is 0 Å². The van der Waals surface area contributed by atoms with Crippen molar-refractivity contribution >= 4 is 6.08 Å². The van der Waals surface area contributed by atoms with Crippen molar-refractivity contribution in [1.29, 1.82) is 0 Å². The van der Waals surface area contributed by atoms with Gasteiger partial charge in [0.2, 0.25) is 6.08 Å². The third-order valence-electron chi connectivity index (χ3n) is 2.74. The molecule has 14 heavy (non-hydrogen) atoms. The van der Waals surface area contributed by atoms with Gasteiger partial charge in [0.15, 0.2) is 0 Å². The minimum atomic E-state index is 0.558. The Morgan fingerprint density at radius 3 is 3.00 bits per heavy atom. The maximum atomic E-state index is 9.89. The van der Waals surface area contributed by atoms with Gasteiger partial charge >= 0.3 is 0 Å². The molecule has 0 saturated heterocycles. The van der Waals surface area contributed by atoms with Gasteiger partial charge in [-0.2, -0.15) is 0 Å². The lowest BCUT2D eigenvalue weighted by Gasteiger charge is -2.02. The van der Waals surface area contributed by atoms with Crippen LogP contribution >= 0.6 is 0 Å². The van der Waals surface area contributed by atoms with E-state index in [1.165, 1.54) is 36.0 Å². The molecular formula is C12H13NO. The van der Waals surface area contributed by atoms with E-state index in [9.17, 15) is 4.79 Å². The summed E-state index contributed by atoms with van der Waals surface area (Å²) in [4.78, 5) is 13.4. The molecular weight excluding hydrogens is 174 g/mol. The first kappa shape index (κ1) is 9.17. The number of hydrogen-bond donors (Lipinski definition) is 0. The summed E-state index contributed by atoms with van der Waals surface area (Å²) < 4.78 is 0. The fourth-order valence-corrected chi connectivity index (χ4v) is 2.01. The molecule has 72 valence electrons. The van der Waals surface area contributed by atoms with E-state index in [2.05, 4.69) is 23.2 Å². The normalized spacial score (nSPS) is 13.4. The molecule has 1 aromatic carbocycles. The van der Waals surface area contributed by atoms with Crippen LogP contribution in [0.3, 0.4) is 0 Å². The van der Waals surface area contributed by atoms with Crippen molar-refractivity contribution in [2.45, 2.75) is 25.7 Å². The fourth-order valence-electron chi connectivity index (χ4n) is 2.01. The van der Waals surface area contributed by atoms with Crippen LogP contribution in [0, 0.1) is 0 Å². The number of fused-ring (bicyclic) bond motifs is 1. The topological polar surface area (TPSA) is 29.4 Å². The zero-order chi connectivity index (χ0) is 9.80. The quantitative estimate of drug-likeness (QED) is 0.526. The van der Waals surface area contributed by atoms with E-state index in [0.29, 0.717) is 6.54 Å². The summed E-state index contributed by atoms with van der Waals surface area (Å²) in [6.45, 7) is 0.558. The van der Waals surface area contributed by atoms with E-state index in [1.807, 2.05) is 0 Å². The minimum Gasteiger partial charge on any atom is -0.211 e. The highest BCUT2D eigenvalue weighted by molar-refractivity contribution is 5.36. The number of benzene rings is 1. The van der Waals surface area contributed by atoms with Crippen LogP contribution in [0.15, 0.2) is 23.2 Å². The lowest BCUT2D eigenvalue weighted by Crippen LogP contribution is -1.91. The van der Waals surface area contributed by atoms with E-state index < -0.39 is 0 Å². The molecule has 0 heterocycles. The molecule has 0 bridgehead atoms. The minimum absolute atomic E-state index is 0.558. The molecule has 0 unspecified atom stereocenters. The number of isocyanates is 1. The van der Waals surface area contributed by atoms with Gasteiger partial charge < -0.3 is 0 Å². The first-order valence-electron chi connectivity index (χ1n) is 5.04. The molecule has 0 atom stereocenters. The average Bonchev–Trinajstić information content (AvgIpc) is 2.65. The predicted octanol–water partition coefficient (Wildman–Crippen LogP) is 2.05. The van der Waals surface area contributed by atoms with E-state index in [4.69, 9.17) is 0 Å². The maximum Gasteiger partial charge on any atom is 0.234 e. The molecule has 0 amide bonds. The van der Waals surface area contributed by atoms with Gasteiger partial charge in [0.25, 0.3) is 0 Å². The number of rotatable bonds is 3. The molecule has 1 aliphatic carbocycles. The summed E-state index contributed by atoms with van der Waals surface area (Å²) in [5.41, 5.74) is 4.26. The van der Waals surface area contributed by atoms with Crippen molar-refractivity contribution in [3.05, 3.63) is 34.9 Å². The van der Waals surface area contributed by atoms with E-state index in [1.54, 1.807) is 6.08 Å². The molecule has 0 spiro atoms. The largest absolute Gasteiger partial charge is 0.234 e. The molecule has 0 saturated carbocycles. The Hall–Kier alpha value is -1.40. The summed E-state index contributed by atoms with van der Waals surface area (Å²) in [7, 11) is 0. The molecule has 1 aromatic rings. The maximum absolute atomic E-state index is 9.89. The van der Waals surface area contributed by atoms with Gasteiger partial charge in [0, 0.05) is 0 Å². The van der Waals surface area contributed by atoms with Gasteiger partial charge in [-0.25, -0.2) is 9.79 Å². The van der Waals surface area contributed by atoms with E-state index in [-0.39, 0.29) is 0 Å². The SMILES string of the molecule is O=C=NCCc1ccc2c(c1)CCC2. The van der Waals surface area contributed by atoms with E-state index >= 15 is 0 Å². The number of aryl methyl sites for hydroxylation is 2. The molecule has 0 radical (unpaired) electrons. The third kappa shape index (κ3) is 1.91. The number of nitrogens with zero attached hydrogens (tertiary/aromatic N) is 1. The first-order chi connectivity index (χ1) is 6.90. The molecule has 2 heteroatoms. The van der Waals surface area contributed by atoms with Gasteiger partial charge in [-0.05, 0) is 42.4 Å². The Labute approximate surface area is 83.7 Å². The molecule has 2 nitrogen and oxygen atoms in total. The average molecular weight is 187 g/mol. The smallest absolute Gasteiger partial charge is 0.211 e. The first-order valence-corrected chi connectivity index (χ1v) is 5.04. The van der Waals surface area contributed by atoms with Crippen LogP contribution in [-0.4, -0.2) is 12.6 Å². The van der Waals surface area contributed by atoms with E-state index in [0.717, 1.165) is 6.42 Å². The Kier molecular flexibility index (Phi) is 2.76. The zero-order valence-corrected chi connectivity index (χ0v) is 8.12. The van der Waals surface area contributed by atoms with Crippen molar-refractivity contribution in [3.63, 3.8) is 0 Å². The van der Waals surface area contributed by atoms with Crippen molar-refractivity contribution in [1.82, 2.24) is 0 Å². The van der Waals surface area contributed by atoms with Crippen LogP contribution in [0.1, 0.15) is 23.1 Å². The molecule has 2 rings (SSSR count). The van der Waals surface area contributed by atoms with Crippen molar-refractivity contribution in [2.24, 2.45) is 4.99 Å². The molecule has 0 N–H and O–H groups in total. The summed E-state index contributed by atoms with van der Waals surface area (Å²) in [6.07, 6.45) is 6.13. The third-order valence-corrected chi connectivity index (χ3v) is 2.74. The number of carbonyl (C=O) groups excluding carboxylic acids is 1. The van der Waals surface area contributed by atoms with Gasteiger partial charge in [0.05, 0.1) is 6.54 Å². The standard InChI is InChI=1S/C12H13NO/c14-9-13-7-6-10-4-5-11-2-1-3-12(11)8-10/h4-5,8H,1-3,6-7H2. The van der Waals surface area contributed by atoms with Gasteiger partial charge in [0.1, 0.15) is 0 Å². The van der Waals surface area contributed by atoms with Crippen LogP contribution in [0.2, 0.25) is 0 Å². The summed E-state index contributed by atoms with van der Waals surface area (Å²) in [5.74, 6) is 0. The van der Waals surface area contributed by atoms with Crippen LogP contribution in [0.25, 0.3) is 0 Å². The van der Waals surface area contributed by atoms with Gasteiger partial charge in [-0.3, -0.25) is 0 Å². The Balaban J connectivity index is 2.08. The highest BCUT2D eigenvalue weighted by Gasteiger charge is 2.10. The Morgan fingerprint density at radius 1 is 1.29 bits per heavy atom. The highest BCUT2D eigenvalue weighted by Crippen LogP contribution is 2.22. The highest BCUT2D eigenvalue weighted by atomic mass is 16.1. The summed E-state index contributed by atoms with van der Waals surface area (Å²) in [6, 6.07) is 6.61. The lowest BCUT2D eigenvalue weighted by atomic mass is 10.0. The summed E-state index contributed by atoms with van der Waals surface area (Å²) >= 11 is 0. The van der Waals surface area contributed by atoms with Crippen LogP contribution in [0.4, 0.5) is 0 Å². The molecule has 1 aliphatic rings. The molecule has 0 aliphatic heterocycles. The van der Waals surface area contributed by atoms with Gasteiger partial charge in [-0.15, -0.1) is 0 Å². The second-order valence-electron chi connectivity index (χ2n) is 3.68. The second kappa shape index (κ2) is 4.21. The molecule has 0 fully saturated rings. The van der Waals surface area contributed by atoms with Crippen molar-refractivity contribution in [3.8, 4) is 0 Å². The van der Waals surface area contributed by atoms with Gasteiger partial charge in [-0.1, -0.05) is 18.2 Å². The van der Waals surface area contributed by atoms with Crippen molar-refractivity contribution < 1.29 is 4.79 Å². The second-order valence-corrected chi connectivity index (χ2v) is 3.68. The fraction of sp³-hybridized carbons (Fsp3) is 0.417.